The van der Waals surface area contributed by atoms with Crippen LogP contribution in [-0.2, 0) is 4.79 Å². The zero-order valence-electron chi connectivity index (χ0n) is 16.2. The van der Waals surface area contributed by atoms with E-state index in [0.717, 1.165) is 12.2 Å². The Hall–Kier alpha value is -2.24. The first-order valence-electron chi connectivity index (χ1n) is 9.49. The lowest BCUT2D eigenvalue weighted by molar-refractivity contribution is -0.127. The Bertz CT molecular complexity index is 574. The first-order chi connectivity index (χ1) is 12.6. The number of nitrogens with zero attached hydrogens (tertiary/aromatic N) is 2. The molecule has 0 heterocycles. The number of nitrogens with one attached hydrogen (secondary N) is 2. The Morgan fingerprint density at radius 3 is 2.65 bits per heavy atom. The zero-order chi connectivity index (χ0) is 18.8. The summed E-state index contributed by atoms with van der Waals surface area (Å²) in [4.78, 5) is 17.9. The van der Waals surface area contributed by atoms with E-state index in [-0.39, 0.29) is 12.5 Å². The molecular formula is C20H32N4O2. The number of carbonyl (C=O) groups is 1. The second kappa shape index (κ2) is 10.7. The number of para-hydroxylation sites is 1. The molecular weight excluding hydrogens is 328 g/mol. The van der Waals surface area contributed by atoms with Crippen molar-refractivity contribution >= 4 is 11.9 Å². The number of likely N-dealkylation sites (N-methyl/N-ethyl adjacent to an activating group) is 1. The van der Waals surface area contributed by atoms with Gasteiger partial charge >= 0.3 is 0 Å². The normalized spacial score (nSPS) is 20.3. The van der Waals surface area contributed by atoms with Crippen LogP contribution in [0, 0.1) is 5.92 Å². The highest BCUT2D eigenvalue weighted by atomic mass is 16.5. The number of ether oxygens (including phenoxy) is 1. The third-order valence-corrected chi connectivity index (χ3v) is 4.71. The molecule has 1 fully saturated rings. The molecule has 2 unspecified atom stereocenters. The molecule has 26 heavy (non-hydrogen) atoms. The molecule has 144 valence electrons. The van der Waals surface area contributed by atoms with Gasteiger partial charge in [0.05, 0.1) is 6.54 Å². The maximum absolute atomic E-state index is 11.9. The van der Waals surface area contributed by atoms with Gasteiger partial charge in [-0.1, -0.05) is 38.0 Å². The smallest absolute Gasteiger partial charge is 0.243 e. The van der Waals surface area contributed by atoms with E-state index in [1.54, 1.807) is 19.0 Å². The molecule has 0 radical (unpaired) electrons. The molecule has 1 aromatic carbocycles. The van der Waals surface area contributed by atoms with Crippen LogP contribution in [0.4, 0.5) is 0 Å². The Morgan fingerprint density at radius 2 is 1.96 bits per heavy atom. The quantitative estimate of drug-likeness (QED) is 0.445. The second-order valence-corrected chi connectivity index (χ2v) is 7.05. The van der Waals surface area contributed by atoms with Crippen LogP contribution in [0.3, 0.4) is 0 Å². The lowest BCUT2D eigenvalue weighted by atomic mass is 9.86. The maximum atomic E-state index is 11.9. The van der Waals surface area contributed by atoms with Gasteiger partial charge in [-0.25, -0.2) is 4.99 Å². The summed E-state index contributed by atoms with van der Waals surface area (Å²) in [6.45, 7) is 3.57. The third kappa shape index (κ3) is 6.94. The summed E-state index contributed by atoms with van der Waals surface area (Å²) in [6.07, 6.45) is 4.91. The van der Waals surface area contributed by atoms with Crippen LogP contribution in [0.5, 0.6) is 5.75 Å². The Labute approximate surface area is 157 Å². The van der Waals surface area contributed by atoms with Crippen LogP contribution in [0.15, 0.2) is 35.3 Å². The summed E-state index contributed by atoms with van der Waals surface area (Å²) in [5.41, 5.74) is 0. The molecule has 2 atom stereocenters. The molecule has 2 N–H and O–H groups in total. The Morgan fingerprint density at radius 1 is 1.23 bits per heavy atom. The van der Waals surface area contributed by atoms with Gasteiger partial charge in [0.15, 0.2) is 5.96 Å². The van der Waals surface area contributed by atoms with E-state index in [1.165, 1.54) is 19.3 Å². The number of guanidine groups is 1. The van der Waals surface area contributed by atoms with E-state index >= 15 is 0 Å². The van der Waals surface area contributed by atoms with Crippen LogP contribution >= 0.6 is 0 Å². The van der Waals surface area contributed by atoms with Crippen LogP contribution in [-0.4, -0.2) is 56.6 Å². The molecule has 0 saturated heterocycles. The fourth-order valence-corrected chi connectivity index (χ4v) is 3.00. The monoisotopic (exact) mass is 360 g/mol. The van der Waals surface area contributed by atoms with E-state index < -0.39 is 0 Å². The van der Waals surface area contributed by atoms with Crippen molar-refractivity contribution in [2.45, 2.75) is 38.6 Å². The molecule has 1 aromatic rings. The van der Waals surface area contributed by atoms with Crippen molar-refractivity contribution in [3.05, 3.63) is 30.3 Å². The minimum Gasteiger partial charge on any atom is -0.492 e. The Kier molecular flexibility index (Phi) is 8.25. The molecule has 0 bridgehead atoms. The van der Waals surface area contributed by atoms with E-state index in [9.17, 15) is 4.79 Å². The third-order valence-electron chi connectivity index (χ3n) is 4.71. The van der Waals surface area contributed by atoms with Gasteiger partial charge in [0, 0.05) is 20.1 Å². The summed E-state index contributed by atoms with van der Waals surface area (Å²) >= 11 is 0. The highest BCUT2D eigenvalue weighted by Gasteiger charge is 2.22. The van der Waals surface area contributed by atoms with Gasteiger partial charge in [-0.15, -0.1) is 0 Å². The average Bonchev–Trinajstić information content (AvgIpc) is 2.65. The average molecular weight is 361 g/mol. The molecule has 1 amide bonds. The van der Waals surface area contributed by atoms with E-state index in [1.807, 2.05) is 30.3 Å². The summed E-state index contributed by atoms with van der Waals surface area (Å²) in [6, 6.07) is 10.1. The predicted octanol–water partition coefficient (Wildman–Crippen LogP) is 2.27. The number of hydrogen-bond donors (Lipinski definition) is 2. The van der Waals surface area contributed by atoms with Gasteiger partial charge in [0.1, 0.15) is 18.9 Å². The van der Waals surface area contributed by atoms with E-state index in [2.05, 4.69) is 22.5 Å². The highest BCUT2D eigenvalue weighted by molar-refractivity contribution is 5.84. The summed E-state index contributed by atoms with van der Waals surface area (Å²) < 4.78 is 5.71. The van der Waals surface area contributed by atoms with Crippen molar-refractivity contribution in [2.24, 2.45) is 10.9 Å². The van der Waals surface area contributed by atoms with Gasteiger partial charge in [0.25, 0.3) is 0 Å². The second-order valence-electron chi connectivity index (χ2n) is 7.05. The lowest BCUT2D eigenvalue weighted by Gasteiger charge is -2.31. The van der Waals surface area contributed by atoms with Crippen molar-refractivity contribution in [3.63, 3.8) is 0 Å². The summed E-state index contributed by atoms with van der Waals surface area (Å²) in [5.74, 6) is 2.14. The van der Waals surface area contributed by atoms with E-state index in [4.69, 9.17) is 4.74 Å². The van der Waals surface area contributed by atoms with Crippen LogP contribution in [0.2, 0.25) is 0 Å². The van der Waals surface area contributed by atoms with Gasteiger partial charge in [0.2, 0.25) is 5.91 Å². The van der Waals surface area contributed by atoms with Crippen LogP contribution in [0.1, 0.15) is 32.6 Å². The number of hydrogen-bond acceptors (Lipinski definition) is 3. The fourth-order valence-electron chi connectivity index (χ4n) is 3.00. The largest absolute Gasteiger partial charge is 0.492 e. The summed E-state index contributed by atoms with van der Waals surface area (Å²) in [7, 11) is 3.49. The first kappa shape index (κ1) is 20.1. The number of aliphatic imine (C=N–C) groups is 1. The number of amides is 1. The molecule has 2 rings (SSSR count). The predicted molar refractivity (Wildman–Crippen MR) is 105 cm³/mol. The number of benzene rings is 1. The number of rotatable bonds is 7. The molecule has 0 spiro atoms. The van der Waals surface area contributed by atoms with Gasteiger partial charge < -0.3 is 20.3 Å². The lowest BCUT2D eigenvalue weighted by Crippen LogP contribution is -2.48. The van der Waals surface area contributed by atoms with Gasteiger partial charge in [-0.05, 0) is 30.9 Å². The molecule has 1 aliphatic carbocycles. The molecule has 6 nitrogen and oxygen atoms in total. The number of carbonyl (C=O) groups excluding carboxylic acids is 1. The van der Waals surface area contributed by atoms with Crippen LogP contribution < -0.4 is 15.4 Å². The van der Waals surface area contributed by atoms with Gasteiger partial charge in [-0.3, -0.25) is 4.79 Å². The molecule has 0 aromatic heterocycles. The minimum absolute atomic E-state index is 0.0108. The summed E-state index contributed by atoms with van der Waals surface area (Å²) in [5, 5.41) is 6.81. The standard InChI is InChI=1S/C20H32N4O2/c1-16-9-7-8-12-18(16)23-20(22-15-19(25)24(2)3)21-13-14-26-17-10-5-4-6-11-17/h4-6,10-11,16,18H,7-9,12-15H2,1-3H3,(H2,21,22,23). The first-order valence-corrected chi connectivity index (χ1v) is 9.49. The molecule has 1 saturated carbocycles. The minimum atomic E-state index is -0.0108. The van der Waals surface area contributed by atoms with Crippen LogP contribution in [0.25, 0.3) is 0 Å². The molecule has 0 aliphatic heterocycles. The van der Waals surface area contributed by atoms with Crippen molar-refractivity contribution in [3.8, 4) is 5.75 Å². The highest BCUT2D eigenvalue weighted by Crippen LogP contribution is 2.23. The van der Waals surface area contributed by atoms with Gasteiger partial charge in [-0.2, -0.15) is 0 Å². The maximum Gasteiger partial charge on any atom is 0.243 e. The van der Waals surface area contributed by atoms with Crippen molar-refractivity contribution in [1.82, 2.24) is 15.5 Å². The Balaban J connectivity index is 1.86. The van der Waals surface area contributed by atoms with E-state index in [0.29, 0.717) is 31.1 Å². The molecule has 1 aliphatic rings. The van der Waals surface area contributed by atoms with Crippen molar-refractivity contribution in [2.75, 3.05) is 33.8 Å². The SMILES string of the molecule is CC1CCCCC1NC(=NCC(=O)N(C)C)NCCOc1ccccc1. The van der Waals surface area contributed by atoms with Crippen molar-refractivity contribution in [1.29, 1.82) is 0 Å². The topological polar surface area (TPSA) is 66.0 Å². The van der Waals surface area contributed by atoms with Crippen molar-refractivity contribution < 1.29 is 9.53 Å². The zero-order valence-corrected chi connectivity index (χ0v) is 16.2. The molecule has 6 heteroatoms. The fraction of sp³-hybridized carbons (Fsp3) is 0.600.